The molecule has 2 aliphatic heterocycles. The molecule has 0 bridgehead atoms. The maximum absolute atomic E-state index is 11.3. The molecular formula is C15H16N4O2. The number of anilines is 1. The molecule has 0 saturated carbocycles. The van der Waals surface area contributed by atoms with E-state index in [0.29, 0.717) is 0 Å². The molecule has 21 heavy (non-hydrogen) atoms. The van der Waals surface area contributed by atoms with E-state index in [9.17, 15) is 4.79 Å². The van der Waals surface area contributed by atoms with Crippen LogP contribution in [-0.4, -0.2) is 41.3 Å². The molecule has 1 aromatic heterocycles. The molecule has 6 heteroatoms. The van der Waals surface area contributed by atoms with Crippen molar-refractivity contribution in [1.29, 1.82) is 0 Å². The maximum atomic E-state index is 11.3. The average Bonchev–Trinajstić information content (AvgIpc) is 2.88. The summed E-state index contributed by atoms with van der Waals surface area (Å²) in [5.41, 5.74) is 1.35. The van der Waals surface area contributed by atoms with E-state index in [1.54, 1.807) is 0 Å². The van der Waals surface area contributed by atoms with Gasteiger partial charge < -0.3 is 15.0 Å². The number of hydrogen-bond acceptors (Lipinski definition) is 5. The topological polar surface area (TPSA) is 67.3 Å². The minimum Gasteiger partial charge on any atom is -0.355 e. The second-order valence-electron chi connectivity index (χ2n) is 5.54. The van der Waals surface area contributed by atoms with Crippen LogP contribution in [0.25, 0.3) is 11.0 Å². The summed E-state index contributed by atoms with van der Waals surface area (Å²) in [6, 6.07) is 7.85. The fraction of sp³-hybridized carbons (Fsp3) is 0.400. The van der Waals surface area contributed by atoms with Gasteiger partial charge in [-0.05, 0) is 12.1 Å². The molecule has 0 atom stereocenters. The number of nitrogens with zero attached hydrogens (tertiary/aromatic N) is 3. The lowest BCUT2D eigenvalue weighted by Crippen LogP contribution is -2.52. The van der Waals surface area contributed by atoms with Crippen LogP contribution >= 0.6 is 0 Å². The van der Waals surface area contributed by atoms with E-state index in [-0.39, 0.29) is 12.5 Å². The van der Waals surface area contributed by atoms with E-state index < -0.39 is 5.72 Å². The molecule has 6 nitrogen and oxygen atoms in total. The van der Waals surface area contributed by atoms with Gasteiger partial charge in [0.1, 0.15) is 18.1 Å². The summed E-state index contributed by atoms with van der Waals surface area (Å²) in [5.74, 6) is 0.863. The van der Waals surface area contributed by atoms with Gasteiger partial charge in [-0.3, -0.25) is 9.78 Å². The zero-order valence-electron chi connectivity index (χ0n) is 11.6. The Morgan fingerprint density at radius 1 is 1.19 bits per heavy atom. The van der Waals surface area contributed by atoms with E-state index in [2.05, 4.69) is 20.2 Å². The van der Waals surface area contributed by atoms with Crippen LogP contribution in [0.1, 0.15) is 12.8 Å². The largest absolute Gasteiger partial charge is 0.355 e. The molecule has 2 aromatic rings. The minimum absolute atomic E-state index is 0.0195. The summed E-state index contributed by atoms with van der Waals surface area (Å²) < 4.78 is 5.62. The molecule has 0 radical (unpaired) electrons. The molecule has 0 unspecified atom stereocenters. The molecular weight excluding hydrogens is 268 g/mol. The number of nitrogens with one attached hydrogen (secondary N) is 1. The second-order valence-corrected chi connectivity index (χ2v) is 5.54. The highest BCUT2D eigenvalue weighted by atomic mass is 16.5. The SMILES string of the molecule is O=C1COC2(CCN(c3cnc4ccccc4n3)CC2)N1. The van der Waals surface area contributed by atoms with Crippen LogP contribution in [0.2, 0.25) is 0 Å². The zero-order valence-corrected chi connectivity index (χ0v) is 11.6. The number of rotatable bonds is 1. The Morgan fingerprint density at radius 3 is 2.67 bits per heavy atom. The van der Waals surface area contributed by atoms with Crippen molar-refractivity contribution in [3.63, 3.8) is 0 Å². The van der Waals surface area contributed by atoms with Gasteiger partial charge in [0.15, 0.2) is 0 Å². The van der Waals surface area contributed by atoms with Gasteiger partial charge in [0.05, 0.1) is 17.2 Å². The second kappa shape index (κ2) is 4.66. The lowest BCUT2D eigenvalue weighted by Gasteiger charge is -2.38. The predicted octanol–water partition coefficient (Wildman–Crippen LogP) is 1.07. The Kier molecular flexibility index (Phi) is 2.78. The van der Waals surface area contributed by atoms with E-state index in [1.807, 2.05) is 30.5 Å². The number of amides is 1. The van der Waals surface area contributed by atoms with Crippen molar-refractivity contribution in [1.82, 2.24) is 15.3 Å². The third-order valence-electron chi connectivity index (χ3n) is 4.18. The highest BCUT2D eigenvalue weighted by Gasteiger charge is 2.41. The van der Waals surface area contributed by atoms with Crippen molar-refractivity contribution in [3.8, 4) is 0 Å². The first kappa shape index (κ1) is 12.5. The molecule has 1 amide bonds. The van der Waals surface area contributed by atoms with Crippen LogP contribution in [0.3, 0.4) is 0 Å². The average molecular weight is 284 g/mol. The number of fused-ring (bicyclic) bond motifs is 1. The summed E-state index contributed by atoms with van der Waals surface area (Å²) in [5, 5.41) is 2.95. The number of carbonyl (C=O) groups excluding carboxylic acids is 1. The Balaban J connectivity index is 1.53. The monoisotopic (exact) mass is 284 g/mol. The van der Waals surface area contributed by atoms with Crippen LogP contribution in [-0.2, 0) is 9.53 Å². The van der Waals surface area contributed by atoms with Gasteiger partial charge in [-0.2, -0.15) is 0 Å². The fourth-order valence-corrected chi connectivity index (χ4v) is 3.00. The molecule has 2 saturated heterocycles. The predicted molar refractivity (Wildman–Crippen MR) is 77.8 cm³/mol. The van der Waals surface area contributed by atoms with Gasteiger partial charge in [-0.1, -0.05) is 12.1 Å². The number of hydrogen-bond donors (Lipinski definition) is 1. The van der Waals surface area contributed by atoms with Crippen LogP contribution in [0.15, 0.2) is 30.5 Å². The van der Waals surface area contributed by atoms with Gasteiger partial charge in [0.2, 0.25) is 5.91 Å². The van der Waals surface area contributed by atoms with Gasteiger partial charge in [0, 0.05) is 25.9 Å². The van der Waals surface area contributed by atoms with Crippen LogP contribution in [0.4, 0.5) is 5.82 Å². The number of benzene rings is 1. The molecule has 0 aliphatic carbocycles. The number of piperidine rings is 1. The fourth-order valence-electron chi connectivity index (χ4n) is 3.00. The lowest BCUT2D eigenvalue weighted by atomic mass is 10.0. The first-order valence-electron chi connectivity index (χ1n) is 7.16. The Morgan fingerprint density at radius 2 is 1.95 bits per heavy atom. The van der Waals surface area contributed by atoms with Gasteiger partial charge >= 0.3 is 0 Å². The van der Waals surface area contributed by atoms with Crippen molar-refractivity contribution >= 4 is 22.8 Å². The van der Waals surface area contributed by atoms with Crippen molar-refractivity contribution in [2.75, 3.05) is 24.6 Å². The quantitative estimate of drug-likeness (QED) is 0.848. The van der Waals surface area contributed by atoms with Crippen molar-refractivity contribution in [2.24, 2.45) is 0 Å². The van der Waals surface area contributed by atoms with Gasteiger partial charge in [0.25, 0.3) is 0 Å². The third kappa shape index (κ3) is 2.21. The molecule has 108 valence electrons. The highest BCUT2D eigenvalue weighted by molar-refractivity contribution is 5.79. The van der Waals surface area contributed by atoms with Crippen LogP contribution < -0.4 is 10.2 Å². The zero-order chi connectivity index (χ0) is 14.3. The van der Waals surface area contributed by atoms with Crippen LogP contribution in [0.5, 0.6) is 0 Å². The van der Waals surface area contributed by atoms with E-state index in [1.165, 1.54) is 0 Å². The molecule has 2 fully saturated rings. The van der Waals surface area contributed by atoms with Crippen LogP contribution in [0, 0.1) is 0 Å². The first-order valence-corrected chi connectivity index (χ1v) is 7.16. The molecule has 3 heterocycles. The lowest BCUT2D eigenvalue weighted by molar-refractivity contribution is -0.119. The molecule has 2 aliphatic rings. The highest BCUT2D eigenvalue weighted by Crippen LogP contribution is 2.29. The Labute approximate surface area is 122 Å². The van der Waals surface area contributed by atoms with Gasteiger partial charge in [-0.15, -0.1) is 0 Å². The summed E-state index contributed by atoms with van der Waals surface area (Å²) in [7, 11) is 0. The summed E-state index contributed by atoms with van der Waals surface area (Å²) >= 11 is 0. The smallest absolute Gasteiger partial charge is 0.248 e. The third-order valence-corrected chi connectivity index (χ3v) is 4.18. The number of carbonyl (C=O) groups is 1. The maximum Gasteiger partial charge on any atom is 0.248 e. The van der Waals surface area contributed by atoms with E-state index in [4.69, 9.17) is 4.74 Å². The van der Waals surface area contributed by atoms with Crippen molar-refractivity contribution < 1.29 is 9.53 Å². The summed E-state index contributed by atoms with van der Waals surface area (Å²) in [4.78, 5) is 22.7. The molecule has 4 rings (SSSR count). The number of ether oxygens (including phenoxy) is 1. The molecule has 1 spiro atoms. The van der Waals surface area contributed by atoms with Crippen molar-refractivity contribution in [3.05, 3.63) is 30.5 Å². The summed E-state index contributed by atoms with van der Waals surface area (Å²) in [6.07, 6.45) is 3.36. The minimum atomic E-state index is -0.460. The van der Waals surface area contributed by atoms with E-state index in [0.717, 1.165) is 42.8 Å². The van der Waals surface area contributed by atoms with Crippen molar-refractivity contribution in [2.45, 2.75) is 18.6 Å². The number of aromatic nitrogens is 2. The molecule has 1 N–H and O–H groups in total. The Hall–Kier alpha value is -2.21. The summed E-state index contributed by atoms with van der Waals surface area (Å²) in [6.45, 7) is 1.77. The normalized spacial score (nSPS) is 21.0. The van der Waals surface area contributed by atoms with Gasteiger partial charge in [-0.25, -0.2) is 4.98 Å². The first-order chi connectivity index (χ1) is 10.2. The molecule has 1 aromatic carbocycles. The van der Waals surface area contributed by atoms with E-state index >= 15 is 0 Å². The Bertz CT molecular complexity index is 695. The number of para-hydroxylation sites is 2. The standard InChI is InChI=1S/C15H16N4O2/c20-14-10-21-15(18-14)5-7-19(8-6-15)13-9-16-11-3-1-2-4-12(11)17-13/h1-4,9H,5-8,10H2,(H,18,20).